The van der Waals surface area contributed by atoms with E-state index in [1.165, 1.54) is 0 Å². The molecule has 0 fully saturated rings. The van der Waals surface area contributed by atoms with Crippen molar-refractivity contribution in [3.8, 4) is 0 Å². The van der Waals surface area contributed by atoms with Gasteiger partial charge in [-0.3, -0.25) is 9.59 Å². The van der Waals surface area contributed by atoms with E-state index in [1.54, 1.807) is 12.1 Å². The van der Waals surface area contributed by atoms with E-state index < -0.39 is 11.6 Å². The average molecular weight is 545 g/mol. The second-order valence-corrected chi connectivity index (χ2v) is 10.5. The molecule has 0 unspecified atom stereocenters. The number of rotatable bonds is 4. The molecule has 0 radical (unpaired) electrons. The smallest absolute Gasteiger partial charge is 0.198 e. The summed E-state index contributed by atoms with van der Waals surface area (Å²) in [6.45, 7) is 7.89. The molecule has 6 N–H and O–H groups in total. The summed E-state index contributed by atoms with van der Waals surface area (Å²) in [5, 5.41) is 6.87. The van der Waals surface area contributed by atoms with Crippen molar-refractivity contribution in [2.24, 2.45) is 0 Å². The highest BCUT2D eigenvalue weighted by molar-refractivity contribution is 6.42. The normalized spacial score (nSPS) is 12.3. The third-order valence-electron chi connectivity index (χ3n) is 6.84. The predicted octanol–water partition coefficient (Wildman–Crippen LogP) is 7.65. The molecule has 0 amide bonds. The summed E-state index contributed by atoms with van der Waals surface area (Å²) in [4.78, 5) is 28.2. The van der Waals surface area contributed by atoms with Gasteiger partial charge in [-0.1, -0.05) is 58.6 Å². The molecule has 8 heteroatoms. The van der Waals surface area contributed by atoms with Gasteiger partial charge in [0, 0.05) is 11.4 Å². The number of carbonyl (C=O) groups excluding carboxylic acids is 2. The first-order chi connectivity index (χ1) is 18.0. The summed E-state index contributed by atoms with van der Waals surface area (Å²) in [6.07, 6.45) is 0. The van der Waals surface area contributed by atoms with Gasteiger partial charge < -0.3 is 22.1 Å². The Morgan fingerprint density at radius 3 is 1.26 bits per heavy atom. The molecule has 4 aromatic carbocycles. The number of nitrogens with one attached hydrogen (secondary N) is 2. The van der Waals surface area contributed by atoms with Gasteiger partial charge in [0.2, 0.25) is 0 Å². The quantitative estimate of drug-likeness (QED) is 0.173. The number of nitrogen functional groups attached to an aromatic ring is 2. The zero-order valence-electron chi connectivity index (χ0n) is 21.3. The van der Waals surface area contributed by atoms with Gasteiger partial charge in [0.05, 0.1) is 55.0 Å². The maximum absolute atomic E-state index is 14.1. The highest BCUT2D eigenvalue weighted by Gasteiger charge is 2.38. The van der Waals surface area contributed by atoms with Crippen molar-refractivity contribution >= 4 is 68.9 Å². The van der Waals surface area contributed by atoms with Gasteiger partial charge in [-0.05, 0) is 63.1 Å². The second kappa shape index (κ2) is 9.39. The zero-order valence-corrected chi connectivity index (χ0v) is 22.9. The Balaban J connectivity index is 1.72. The molecule has 0 bridgehead atoms. The number of nitrogens with two attached hydrogens (primary N) is 2. The number of hydrogen-bond donors (Lipinski definition) is 4. The Kier molecular flexibility index (Phi) is 6.33. The topological polar surface area (TPSA) is 110 Å². The molecule has 0 atom stereocenters. The minimum atomic E-state index is -0.464. The lowest BCUT2D eigenvalue weighted by atomic mass is 9.80. The fourth-order valence-corrected chi connectivity index (χ4v) is 5.33. The maximum Gasteiger partial charge on any atom is 0.198 e. The molecule has 5 rings (SSSR count). The number of aryl methyl sites for hydroxylation is 4. The van der Waals surface area contributed by atoms with Crippen LogP contribution in [0.4, 0.5) is 34.1 Å². The van der Waals surface area contributed by atoms with Gasteiger partial charge in [-0.15, -0.1) is 0 Å². The fraction of sp³-hybridized carbons (Fsp3) is 0.133. The summed E-state index contributed by atoms with van der Waals surface area (Å²) < 4.78 is 0. The van der Waals surface area contributed by atoms with Gasteiger partial charge in [0.1, 0.15) is 0 Å². The van der Waals surface area contributed by atoms with Gasteiger partial charge >= 0.3 is 0 Å². The maximum atomic E-state index is 14.1. The third-order valence-corrected chi connectivity index (χ3v) is 7.47. The van der Waals surface area contributed by atoms with E-state index in [1.807, 2.05) is 64.1 Å². The van der Waals surface area contributed by atoms with E-state index >= 15 is 0 Å². The van der Waals surface area contributed by atoms with Crippen LogP contribution in [0.1, 0.15) is 54.1 Å². The van der Waals surface area contributed by atoms with Gasteiger partial charge in [0.15, 0.2) is 11.6 Å². The molecule has 6 nitrogen and oxygen atoms in total. The van der Waals surface area contributed by atoms with Crippen molar-refractivity contribution in [3.63, 3.8) is 0 Å². The largest absolute Gasteiger partial charge is 0.397 e. The number of benzene rings is 4. The van der Waals surface area contributed by atoms with Crippen LogP contribution in [0.25, 0.3) is 0 Å². The summed E-state index contributed by atoms with van der Waals surface area (Å²) in [6, 6.07) is 14.8. The van der Waals surface area contributed by atoms with Crippen LogP contribution in [-0.4, -0.2) is 11.6 Å². The molecule has 0 saturated heterocycles. The van der Waals surface area contributed by atoms with Crippen LogP contribution in [-0.2, 0) is 0 Å². The number of anilines is 6. The van der Waals surface area contributed by atoms with Gasteiger partial charge in [0.25, 0.3) is 0 Å². The molecule has 0 spiro atoms. The van der Waals surface area contributed by atoms with E-state index in [-0.39, 0.29) is 43.7 Å². The van der Waals surface area contributed by atoms with Crippen LogP contribution in [0.15, 0.2) is 48.5 Å². The number of hydrogen-bond acceptors (Lipinski definition) is 6. The number of carbonyl (C=O) groups is 2. The van der Waals surface area contributed by atoms with Crippen LogP contribution in [0, 0.1) is 27.7 Å². The molecule has 0 aromatic heterocycles. The van der Waals surface area contributed by atoms with Crippen LogP contribution in [0.5, 0.6) is 0 Å². The van der Waals surface area contributed by atoms with Crippen molar-refractivity contribution in [1.29, 1.82) is 0 Å². The molecule has 1 aliphatic carbocycles. The molecule has 0 aliphatic heterocycles. The Hall–Kier alpha value is -4.00. The zero-order chi connectivity index (χ0) is 27.5. The first-order valence-corrected chi connectivity index (χ1v) is 12.8. The summed E-state index contributed by atoms with van der Waals surface area (Å²) in [7, 11) is 0. The van der Waals surface area contributed by atoms with Crippen LogP contribution >= 0.6 is 23.2 Å². The van der Waals surface area contributed by atoms with E-state index in [0.717, 1.165) is 33.6 Å². The summed E-state index contributed by atoms with van der Waals surface area (Å²) >= 11 is 13.0. The average Bonchev–Trinajstić information content (AvgIpc) is 2.85. The minimum absolute atomic E-state index is 0.0304. The summed E-state index contributed by atoms with van der Waals surface area (Å²) in [5.41, 5.74) is 19.4. The Bertz CT molecular complexity index is 1570. The molecule has 38 heavy (non-hydrogen) atoms. The lowest BCUT2D eigenvalue weighted by Crippen LogP contribution is -2.26. The van der Waals surface area contributed by atoms with Crippen molar-refractivity contribution in [1.82, 2.24) is 0 Å². The second-order valence-electron chi connectivity index (χ2n) is 9.68. The number of fused-ring (bicyclic) bond motifs is 2. The molecular weight excluding hydrogens is 519 g/mol. The first-order valence-electron chi connectivity index (χ1n) is 12.0. The van der Waals surface area contributed by atoms with Crippen molar-refractivity contribution in [2.75, 3.05) is 22.1 Å². The van der Waals surface area contributed by atoms with Gasteiger partial charge in [-0.25, -0.2) is 0 Å². The van der Waals surface area contributed by atoms with Crippen molar-refractivity contribution in [3.05, 3.63) is 103 Å². The lowest BCUT2D eigenvalue weighted by Gasteiger charge is -2.27. The van der Waals surface area contributed by atoms with E-state index in [0.29, 0.717) is 11.4 Å². The van der Waals surface area contributed by atoms with E-state index in [4.69, 9.17) is 34.7 Å². The molecule has 0 heterocycles. The van der Waals surface area contributed by atoms with Gasteiger partial charge in [-0.2, -0.15) is 0 Å². The monoisotopic (exact) mass is 544 g/mol. The molecule has 1 aliphatic rings. The van der Waals surface area contributed by atoms with Crippen LogP contribution in [0.3, 0.4) is 0 Å². The molecule has 192 valence electrons. The SMILES string of the molecule is Cc1ccc(Nc2cc(Cl)c(N)c3c2C(=O)c2c(N)c(Cl)cc(Nc4ccc(C)cc4C)c2C3=O)c(C)c1. The summed E-state index contributed by atoms with van der Waals surface area (Å²) in [5.74, 6) is -0.928. The highest BCUT2D eigenvalue weighted by Crippen LogP contribution is 2.46. The lowest BCUT2D eigenvalue weighted by molar-refractivity contribution is 0.0981. The third kappa shape index (κ3) is 4.16. The van der Waals surface area contributed by atoms with Crippen molar-refractivity contribution in [2.45, 2.75) is 27.7 Å². The van der Waals surface area contributed by atoms with E-state index in [2.05, 4.69) is 10.6 Å². The minimum Gasteiger partial charge on any atom is -0.397 e. The molecular formula is C30H26Cl2N4O2. The molecule has 4 aromatic rings. The Morgan fingerprint density at radius 2 is 0.921 bits per heavy atom. The Morgan fingerprint density at radius 1 is 0.553 bits per heavy atom. The highest BCUT2D eigenvalue weighted by atomic mass is 35.5. The van der Waals surface area contributed by atoms with Crippen LogP contribution in [0.2, 0.25) is 10.0 Å². The number of ketones is 2. The van der Waals surface area contributed by atoms with Crippen molar-refractivity contribution < 1.29 is 9.59 Å². The molecule has 0 saturated carbocycles. The van der Waals surface area contributed by atoms with Crippen LogP contribution < -0.4 is 22.1 Å². The number of halogens is 2. The predicted molar refractivity (Wildman–Crippen MR) is 157 cm³/mol. The fourth-order valence-electron chi connectivity index (χ4n) is 4.92. The standard InChI is InChI=1S/C30H26Cl2N4O2/c1-13-5-7-19(15(3)9-13)35-21-11-17(31)27(33)25-23(21)29(37)26-24(30(25)38)22(12-18(32)28(26)34)36-20-8-6-14(2)10-16(20)4/h5-12,35-36H,33-34H2,1-4H3. The van der Waals surface area contributed by atoms with E-state index in [9.17, 15) is 9.59 Å². The first kappa shape index (κ1) is 25.6. The Labute approximate surface area is 230 Å².